The molecular formula is C15H14O2. The van der Waals surface area contributed by atoms with Gasteiger partial charge in [-0.25, -0.2) is 0 Å². The number of phenolic OH excluding ortho intramolecular Hbond substituents is 2. The molecule has 0 radical (unpaired) electrons. The quantitative estimate of drug-likeness (QED) is 0.606. The highest BCUT2D eigenvalue weighted by atomic mass is 16.3. The van der Waals surface area contributed by atoms with Crippen molar-refractivity contribution in [2.45, 2.75) is 6.92 Å². The van der Waals surface area contributed by atoms with Crippen LogP contribution in [0.3, 0.4) is 0 Å². The highest BCUT2D eigenvalue weighted by Gasteiger charge is 2.01. The fourth-order valence-electron chi connectivity index (χ4n) is 1.68. The summed E-state index contributed by atoms with van der Waals surface area (Å²) in [5.74, 6) is 0.313. The minimum atomic E-state index is 0.148. The van der Waals surface area contributed by atoms with Gasteiger partial charge in [0.2, 0.25) is 0 Å². The molecule has 0 heterocycles. The van der Waals surface area contributed by atoms with E-state index in [0.717, 1.165) is 11.1 Å². The van der Waals surface area contributed by atoms with Crippen molar-refractivity contribution in [3.63, 3.8) is 0 Å². The molecule has 0 spiro atoms. The van der Waals surface area contributed by atoms with Crippen LogP contribution in [0.25, 0.3) is 11.6 Å². The normalized spacial score (nSPS) is 11.5. The molecule has 2 rings (SSSR count). The third-order valence-corrected chi connectivity index (χ3v) is 2.61. The standard InChI is InChI=1S/C15H14O2/c1-11(12-5-3-2-4-6-12)9-13-10-14(16)7-8-15(13)17/h2-10,16-17H,1H3/b11-9-. The monoisotopic (exact) mass is 226 g/mol. The summed E-state index contributed by atoms with van der Waals surface area (Å²) in [6, 6.07) is 14.4. The average molecular weight is 226 g/mol. The van der Waals surface area contributed by atoms with Crippen molar-refractivity contribution in [2.24, 2.45) is 0 Å². The molecule has 0 amide bonds. The Morgan fingerprint density at radius 1 is 1.00 bits per heavy atom. The maximum atomic E-state index is 9.68. The summed E-state index contributed by atoms with van der Waals surface area (Å²) < 4.78 is 0. The zero-order chi connectivity index (χ0) is 12.3. The van der Waals surface area contributed by atoms with Crippen LogP contribution in [0.1, 0.15) is 18.1 Å². The Kier molecular flexibility index (Phi) is 3.15. The third kappa shape index (κ3) is 2.67. The highest BCUT2D eigenvalue weighted by molar-refractivity contribution is 5.82. The molecule has 0 saturated heterocycles. The Morgan fingerprint density at radius 3 is 2.41 bits per heavy atom. The van der Waals surface area contributed by atoms with Crippen molar-refractivity contribution in [1.29, 1.82) is 0 Å². The molecule has 0 bridgehead atoms. The molecule has 0 aliphatic heterocycles. The summed E-state index contributed by atoms with van der Waals surface area (Å²) in [6.07, 6.45) is 1.85. The maximum absolute atomic E-state index is 9.68. The number of phenols is 2. The van der Waals surface area contributed by atoms with Crippen LogP contribution in [0.2, 0.25) is 0 Å². The first kappa shape index (κ1) is 11.3. The minimum Gasteiger partial charge on any atom is -0.508 e. The van der Waals surface area contributed by atoms with E-state index in [2.05, 4.69) is 0 Å². The molecule has 2 N–H and O–H groups in total. The van der Waals surface area contributed by atoms with Crippen LogP contribution in [-0.2, 0) is 0 Å². The van der Waals surface area contributed by atoms with E-state index in [0.29, 0.717) is 5.56 Å². The second-order valence-electron chi connectivity index (χ2n) is 3.94. The molecule has 2 aromatic rings. The molecule has 0 aliphatic carbocycles. The van der Waals surface area contributed by atoms with Crippen molar-refractivity contribution in [3.05, 3.63) is 59.7 Å². The second-order valence-corrected chi connectivity index (χ2v) is 3.94. The van der Waals surface area contributed by atoms with Gasteiger partial charge in [0.1, 0.15) is 11.5 Å². The number of aromatic hydroxyl groups is 2. The van der Waals surface area contributed by atoms with Gasteiger partial charge in [0.15, 0.2) is 0 Å². The van der Waals surface area contributed by atoms with E-state index >= 15 is 0 Å². The minimum absolute atomic E-state index is 0.148. The maximum Gasteiger partial charge on any atom is 0.123 e. The van der Waals surface area contributed by atoms with Crippen LogP contribution in [-0.4, -0.2) is 10.2 Å². The lowest BCUT2D eigenvalue weighted by molar-refractivity contribution is 0.459. The van der Waals surface area contributed by atoms with Crippen LogP contribution in [0.5, 0.6) is 11.5 Å². The lowest BCUT2D eigenvalue weighted by Gasteiger charge is -2.04. The van der Waals surface area contributed by atoms with E-state index in [4.69, 9.17) is 0 Å². The number of hydrogen-bond donors (Lipinski definition) is 2. The van der Waals surface area contributed by atoms with Gasteiger partial charge in [0.05, 0.1) is 0 Å². The summed E-state index contributed by atoms with van der Waals surface area (Å²) in [5, 5.41) is 19.1. The first-order chi connectivity index (χ1) is 8.16. The van der Waals surface area contributed by atoms with Crippen LogP contribution in [0.4, 0.5) is 0 Å². The van der Waals surface area contributed by atoms with Crippen LogP contribution < -0.4 is 0 Å². The molecule has 86 valence electrons. The lowest BCUT2D eigenvalue weighted by Crippen LogP contribution is -1.80. The van der Waals surface area contributed by atoms with Crippen molar-refractivity contribution in [3.8, 4) is 11.5 Å². The Bertz CT molecular complexity index is 542. The SMILES string of the molecule is C/C(=C/c1cc(O)ccc1O)c1ccccc1. The first-order valence-electron chi connectivity index (χ1n) is 5.42. The molecule has 2 aromatic carbocycles. The Labute approximate surface area is 100 Å². The van der Waals surface area contributed by atoms with Gasteiger partial charge in [-0.05, 0) is 42.3 Å². The summed E-state index contributed by atoms with van der Waals surface area (Å²) in [4.78, 5) is 0. The van der Waals surface area contributed by atoms with Crippen molar-refractivity contribution < 1.29 is 10.2 Å². The smallest absolute Gasteiger partial charge is 0.123 e. The van der Waals surface area contributed by atoms with E-state index in [1.807, 2.05) is 43.3 Å². The molecule has 2 nitrogen and oxygen atoms in total. The van der Waals surface area contributed by atoms with E-state index in [9.17, 15) is 10.2 Å². The Balaban J connectivity index is 2.39. The zero-order valence-electron chi connectivity index (χ0n) is 9.59. The van der Waals surface area contributed by atoms with Gasteiger partial charge in [0, 0.05) is 5.56 Å². The first-order valence-corrected chi connectivity index (χ1v) is 5.42. The molecular weight excluding hydrogens is 212 g/mol. The van der Waals surface area contributed by atoms with Crippen molar-refractivity contribution in [1.82, 2.24) is 0 Å². The molecule has 0 saturated carbocycles. The molecule has 0 atom stereocenters. The van der Waals surface area contributed by atoms with Crippen LogP contribution in [0.15, 0.2) is 48.5 Å². The van der Waals surface area contributed by atoms with Gasteiger partial charge in [-0.15, -0.1) is 0 Å². The van der Waals surface area contributed by atoms with Crippen LogP contribution >= 0.6 is 0 Å². The van der Waals surface area contributed by atoms with E-state index < -0.39 is 0 Å². The second kappa shape index (κ2) is 4.74. The van der Waals surface area contributed by atoms with Gasteiger partial charge >= 0.3 is 0 Å². The summed E-state index contributed by atoms with van der Waals surface area (Å²) in [7, 11) is 0. The number of benzene rings is 2. The van der Waals surface area contributed by atoms with E-state index in [1.54, 1.807) is 6.07 Å². The summed E-state index contributed by atoms with van der Waals surface area (Å²) >= 11 is 0. The Hall–Kier alpha value is -2.22. The predicted molar refractivity (Wildman–Crippen MR) is 69.8 cm³/mol. The van der Waals surface area contributed by atoms with Crippen molar-refractivity contribution >= 4 is 11.6 Å². The fraction of sp³-hybridized carbons (Fsp3) is 0.0667. The molecule has 0 aromatic heterocycles. The Morgan fingerprint density at radius 2 is 1.71 bits per heavy atom. The largest absolute Gasteiger partial charge is 0.508 e. The number of rotatable bonds is 2. The number of allylic oxidation sites excluding steroid dienone is 1. The van der Waals surface area contributed by atoms with Gasteiger partial charge in [-0.2, -0.15) is 0 Å². The third-order valence-electron chi connectivity index (χ3n) is 2.61. The predicted octanol–water partition coefficient (Wildman–Crippen LogP) is 3.66. The van der Waals surface area contributed by atoms with E-state index in [-0.39, 0.29) is 11.5 Å². The van der Waals surface area contributed by atoms with Crippen molar-refractivity contribution in [2.75, 3.05) is 0 Å². The molecule has 0 fully saturated rings. The number of hydrogen-bond acceptors (Lipinski definition) is 2. The zero-order valence-corrected chi connectivity index (χ0v) is 9.59. The summed E-state index contributed by atoms with van der Waals surface area (Å²) in [5.41, 5.74) is 2.74. The average Bonchev–Trinajstić information content (AvgIpc) is 2.35. The topological polar surface area (TPSA) is 40.5 Å². The van der Waals surface area contributed by atoms with E-state index in [1.165, 1.54) is 12.1 Å². The molecule has 2 heteroatoms. The van der Waals surface area contributed by atoms with Gasteiger partial charge in [0.25, 0.3) is 0 Å². The molecule has 17 heavy (non-hydrogen) atoms. The van der Waals surface area contributed by atoms with Crippen LogP contribution in [0, 0.1) is 0 Å². The highest BCUT2D eigenvalue weighted by Crippen LogP contribution is 2.26. The van der Waals surface area contributed by atoms with Gasteiger partial charge in [-0.3, -0.25) is 0 Å². The van der Waals surface area contributed by atoms with Gasteiger partial charge in [-0.1, -0.05) is 30.3 Å². The molecule has 0 aliphatic rings. The fourth-order valence-corrected chi connectivity index (χ4v) is 1.68. The lowest BCUT2D eigenvalue weighted by atomic mass is 10.0. The van der Waals surface area contributed by atoms with Gasteiger partial charge < -0.3 is 10.2 Å². The summed E-state index contributed by atoms with van der Waals surface area (Å²) in [6.45, 7) is 1.97. The molecule has 0 unspecified atom stereocenters.